The lowest BCUT2D eigenvalue weighted by atomic mass is 9.84. The van der Waals surface area contributed by atoms with E-state index in [-0.39, 0.29) is 11.5 Å². The lowest BCUT2D eigenvalue weighted by Gasteiger charge is -2.27. The number of aromatic hydroxyl groups is 1. The van der Waals surface area contributed by atoms with Crippen LogP contribution in [-0.2, 0) is 16.1 Å². The summed E-state index contributed by atoms with van der Waals surface area (Å²) >= 11 is 0. The predicted molar refractivity (Wildman–Crippen MR) is 133 cm³/mol. The second-order valence-electron chi connectivity index (χ2n) is 10.1. The number of nitrogens with zero attached hydrogens (tertiary/aromatic N) is 3. The van der Waals surface area contributed by atoms with Gasteiger partial charge in [-0.2, -0.15) is 0 Å². The van der Waals surface area contributed by atoms with Crippen LogP contribution in [0.3, 0.4) is 0 Å². The third-order valence-electron chi connectivity index (χ3n) is 7.47. The van der Waals surface area contributed by atoms with Crippen LogP contribution in [0.15, 0.2) is 9.59 Å². The highest BCUT2D eigenvalue weighted by atomic mass is 16.4. The van der Waals surface area contributed by atoms with Crippen LogP contribution in [0.5, 0.6) is 5.88 Å². The summed E-state index contributed by atoms with van der Waals surface area (Å²) in [5, 5.41) is 26.0. The van der Waals surface area contributed by atoms with Crippen molar-refractivity contribution >= 4 is 23.7 Å². The lowest BCUT2D eigenvalue weighted by molar-refractivity contribution is -0.138. The molecule has 1 saturated heterocycles. The van der Waals surface area contributed by atoms with Crippen molar-refractivity contribution < 1.29 is 24.6 Å². The van der Waals surface area contributed by atoms with Gasteiger partial charge in [0.25, 0.3) is 11.5 Å². The quantitative estimate of drug-likeness (QED) is 0.199. The molecule has 37 heavy (non-hydrogen) atoms. The zero-order valence-electron chi connectivity index (χ0n) is 21.1. The van der Waals surface area contributed by atoms with Crippen molar-refractivity contribution in [3.63, 3.8) is 0 Å². The molecule has 3 amide bonds. The van der Waals surface area contributed by atoms with E-state index in [1.165, 1.54) is 18.4 Å². The van der Waals surface area contributed by atoms with E-state index in [1.54, 1.807) is 0 Å². The van der Waals surface area contributed by atoms with E-state index in [1.807, 2.05) is 0 Å². The number of carboxylic acids is 1. The molecule has 1 aliphatic heterocycles. The fraction of sp³-hybridized carbons (Fsp3) is 0.667. The molecule has 4 rings (SSSR count). The Hall–Kier alpha value is -3.64. The average molecular weight is 521 g/mol. The molecule has 0 radical (unpaired) electrons. The highest BCUT2D eigenvalue weighted by Crippen LogP contribution is 2.31. The maximum atomic E-state index is 12.1. The molecule has 204 valence electrons. The number of amidine groups is 1. The first-order valence-corrected chi connectivity index (χ1v) is 12.7. The van der Waals surface area contributed by atoms with Crippen LogP contribution in [-0.4, -0.2) is 72.9 Å². The van der Waals surface area contributed by atoms with Crippen molar-refractivity contribution in [2.75, 3.05) is 13.6 Å². The molecule has 1 atom stereocenters. The SMILES string of the molecule is CN1C(=O)C(CC2CCCCC2)N(CC(=O)O)C1=O.N=C(N)c1c(O)n(CC2CCCC2)c(=O)[nH]c1=O. The number of likely N-dealkylation sites (N-methyl/N-ethyl adjacent to an activating group) is 1. The molecule has 0 aromatic carbocycles. The van der Waals surface area contributed by atoms with Gasteiger partial charge in [-0.25, -0.2) is 9.59 Å². The van der Waals surface area contributed by atoms with Gasteiger partial charge in [-0.1, -0.05) is 44.9 Å². The van der Waals surface area contributed by atoms with Gasteiger partial charge in [-0.3, -0.25) is 34.2 Å². The number of nitrogens with one attached hydrogen (secondary N) is 2. The summed E-state index contributed by atoms with van der Waals surface area (Å²) in [6, 6.07) is -1.08. The molecule has 0 bridgehead atoms. The van der Waals surface area contributed by atoms with Gasteiger partial charge >= 0.3 is 17.7 Å². The first kappa shape index (κ1) is 27.9. The van der Waals surface area contributed by atoms with E-state index in [4.69, 9.17) is 16.2 Å². The highest BCUT2D eigenvalue weighted by Gasteiger charge is 2.44. The van der Waals surface area contributed by atoms with Gasteiger partial charge in [-0.05, 0) is 31.1 Å². The number of aromatic nitrogens is 2. The first-order chi connectivity index (χ1) is 17.5. The minimum Gasteiger partial charge on any atom is -0.494 e. The van der Waals surface area contributed by atoms with Crippen LogP contribution < -0.4 is 17.0 Å². The Morgan fingerprint density at radius 3 is 2.16 bits per heavy atom. The minimum absolute atomic E-state index is 0.267. The summed E-state index contributed by atoms with van der Waals surface area (Å²) in [6.45, 7) is -0.0476. The number of aromatic amines is 1. The van der Waals surface area contributed by atoms with Crippen molar-refractivity contribution in [2.24, 2.45) is 17.6 Å². The van der Waals surface area contributed by atoms with Crippen molar-refractivity contribution in [1.29, 1.82) is 5.41 Å². The topological polar surface area (TPSA) is 203 Å². The summed E-state index contributed by atoms with van der Waals surface area (Å²) in [6.07, 6.45) is 10.5. The number of hydrogen-bond donors (Lipinski definition) is 5. The number of aliphatic carboxylic acids is 1. The first-order valence-electron chi connectivity index (χ1n) is 12.7. The molecule has 0 spiro atoms. The van der Waals surface area contributed by atoms with Gasteiger partial charge in [0.2, 0.25) is 5.88 Å². The van der Waals surface area contributed by atoms with Gasteiger partial charge in [0.1, 0.15) is 24.0 Å². The second kappa shape index (κ2) is 12.1. The molecule has 2 saturated carbocycles. The van der Waals surface area contributed by atoms with Crippen LogP contribution >= 0.6 is 0 Å². The number of nitrogens with two attached hydrogens (primary N) is 1. The Bertz CT molecular complexity index is 1150. The van der Waals surface area contributed by atoms with Gasteiger partial charge in [0.05, 0.1) is 0 Å². The van der Waals surface area contributed by atoms with E-state index in [0.717, 1.165) is 60.8 Å². The van der Waals surface area contributed by atoms with Crippen LogP contribution in [0.25, 0.3) is 0 Å². The number of carboxylic acid groups (broad SMARTS) is 1. The lowest BCUT2D eigenvalue weighted by Crippen LogP contribution is -2.40. The minimum atomic E-state index is -1.08. The molecule has 1 aromatic rings. The van der Waals surface area contributed by atoms with E-state index < -0.39 is 47.6 Å². The number of H-pyrrole nitrogens is 1. The maximum absolute atomic E-state index is 12.1. The maximum Gasteiger partial charge on any atom is 0.331 e. The zero-order valence-corrected chi connectivity index (χ0v) is 21.1. The largest absolute Gasteiger partial charge is 0.494 e. The van der Waals surface area contributed by atoms with E-state index in [0.29, 0.717) is 24.8 Å². The Morgan fingerprint density at radius 1 is 1.03 bits per heavy atom. The number of amides is 3. The molecular formula is C24H36N6O7. The third kappa shape index (κ3) is 6.57. The van der Waals surface area contributed by atoms with Gasteiger partial charge in [0.15, 0.2) is 0 Å². The highest BCUT2D eigenvalue weighted by molar-refractivity contribution is 6.04. The molecule has 1 aromatic heterocycles. The van der Waals surface area contributed by atoms with E-state index >= 15 is 0 Å². The summed E-state index contributed by atoms with van der Waals surface area (Å²) in [7, 11) is 1.42. The molecule has 6 N–H and O–H groups in total. The molecule has 2 heterocycles. The number of urea groups is 1. The predicted octanol–water partition coefficient (Wildman–Crippen LogP) is 1.02. The smallest absolute Gasteiger partial charge is 0.331 e. The Balaban J connectivity index is 0.000000206. The fourth-order valence-corrected chi connectivity index (χ4v) is 5.49. The van der Waals surface area contributed by atoms with Crippen molar-refractivity contribution in [1.82, 2.24) is 19.4 Å². The van der Waals surface area contributed by atoms with Gasteiger partial charge < -0.3 is 20.8 Å². The molecule has 13 heteroatoms. The average Bonchev–Trinajstić information content (AvgIpc) is 3.42. The second-order valence-corrected chi connectivity index (χ2v) is 10.1. The van der Waals surface area contributed by atoms with Gasteiger partial charge in [0, 0.05) is 13.6 Å². The Kier molecular flexibility index (Phi) is 9.11. The summed E-state index contributed by atoms with van der Waals surface area (Å²) in [4.78, 5) is 62.2. The van der Waals surface area contributed by atoms with Crippen molar-refractivity contribution in [3.8, 4) is 5.88 Å². The summed E-state index contributed by atoms with van der Waals surface area (Å²) in [5.74, 6) is -1.66. The zero-order chi connectivity index (χ0) is 27.3. The van der Waals surface area contributed by atoms with Crippen LogP contribution in [0, 0.1) is 17.2 Å². The van der Waals surface area contributed by atoms with E-state index in [9.17, 15) is 29.1 Å². The molecule has 3 fully saturated rings. The van der Waals surface area contributed by atoms with Crippen molar-refractivity contribution in [2.45, 2.75) is 76.8 Å². The Labute approximate surface area is 213 Å². The number of carbonyl (C=O) groups is 3. The fourth-order valence-electron chi connectivity index (χ4n) is 5.49. The molecule has 2 aliphatic carbocycles. The number of carbonyl (C=O) groups excluding carboxylic acids is 2. The number of rotatable bonds is 7. The Morgan fingerprint density at radius 2 is 1.59 bits per heavy atom. The van der Waals surface area contributed by atoms with Crippen LogP contribution in [0.4, 0.5) is 4.79 Å². The standard InChI is InChI=1S/C13H20N2O4.C11H16N4O3/c1-14-12(18)10(7-9-5-3-2-4-6-9)15(13(14)19)8-11(16)17;12-8(13)7-9(16)14-11(18)15(10(7)17)5-6-3-1-2-4-6/h9-10H,2-8H2,1H3,(H,16,17);6,17H,1-5H2,(H3,12,13)(H,14,16,18). The third-order valence-corrected chi connectivity index (χ3v) is 7.47. The van der Waals surface area contributed by atoms with Gasteiger partial charge in [-0.15, -0.1) is 0 Å². The van der Waals surface area contributed by atoms with Crippen LogP contribution in [0.1, 0.15) is 69.8 Å². The number of hydrogen-bond acceptors (Lipinski definition) is 7. The monoisotopic (exact) mass is 520 g/mol. The molecular weight excluding hydrogens is 484 g/mol. The number of imide groups is 1. The summed E-state index contributed by atoms with van der Waals surface area (Å²) in [5.41, 5.74) is 3.41. The summed E-state index contributed by atoms with van der Waals surface area (Å²) < 4.78 is 1.09. The normalized spacial score (nSPS) is 20.7. The number of nitrogen functional groups attached to an aromatic ring is 1. The molecule has 3 aliphatic rings. The van der Waals surface area contributed by atoms with E-state index in [2.05, 4.69) is 4.98 Å². The molecule has 1 unspecified atom stereocenters. The van der Waals surface area contributed by atoms with Crippen LogP contribution in [0.2, 0.25) is 0 Å². The molecule has 13 nitrogen and oxygen atoms in total. The van der Waals surface area contributed by atoms with Crippen molar-refractivity contribution in [3.05, 3.63) is 26.4 Å².